The Morgan fingerprint density at radius 1 is 1.15 bits per heavy atom. The summed E-state index contributed by atoms with van der Waals surface area (Å²) in [5, 5.41) is 6.92. The molecule has 10 nitrogen and oxygen atoms in total. The smallest absolute Gasteiger partial charge is 0.274 e. The van der Waals surface area contributed by atoms with Gasteiger partial charge in [-0.15, -0.1) is 0 Å². The molecular formula is C23H26N6O4. The highest BCUT2D eigenvalue weighted by Gasteiger charge is 2.23. The van der Waals surface area contributed by atoms with Gasteiger partial charge in [0, 0.05) is 44.0 Å². The molecule has 2 amide bonds. The molecule has 3 heterocycles. The van der Waals surface area contributed by atoms with Crippen LogP contribution in [0.3, 0.4) is 0 Å². The Morgan fingerprint density at radius 2 is 1.94 bits per heavy atom. The van der Waals surface area contributed by atoms with Crippen molar-refractivity contribution in [3.63, 3.8) is 0 Å². The van der Waals surface area contributed by atoms with Crippen molar-refractivity contribution in [2.75, 3.05) is 18.4 Å². The molecule has 0 spiro atoms. The number of hydrogen-bond donors (Lipinski definition) is 1. The molecule has 3 aromatic rings. The van der Waals surface area contributed by atoms with Gasteiger partial charge in [-0.2, -0.15) is 5.10 Å². The summed E-state index contributed by atoms with van der Waals surface area (Å²) >= 11 is 0. The SMILES string of the molecule is CC[C@H](C)Oc1cc(Oc2cnc(C(=O)N3CCC3)cn2)cc(C(=O)Nc2ccn(C)n2)c1. The van der Waals surface area contributed by atoms with Crippen molar-refractivity contribution in [3.05, 3.63) is 54.1 Å². The maximum Gasteiger partial charge on any atom is 0.274 e. The molecular weight excluding hydrogens is 424 g/mol. The second-order valence-corrected chi connectivity index (χ2v) is 7.85. The third-order valence-electron chi connectivity index (χ3n) is 5.22. The molecule has 0 unspecified atom stereocenters. The highest BCUT2D eigenvalue weighted by Crippen LogP contribution is 2.28. The Kier molecular flexibility index (Phi) is 6.53. The van der Waals surface area contributed by atoms with Crippen LogP contribution in [-0.2, 0) is 7.05 Å². The van der Waals surface area contributed by atoms with Crippen LogP contribution in [0.5, 0.6) is 17.4 Å². The van der Waals surface area contributed by atoms with E-state index in [1.54, 1.807) is 47.1 Å². The number of amides is 2. The van der Waals surface area contributed by atoms with Gasteiger partial charge in [0.2, 0.25) is 5.88 Å². The predicted octanol–water partition coefficient (Wildman–Crippen LogP) is 3.28. The first-order chi connectivity index (χ1) is 15.9. The molecule has 2 aromatic heterocycles. The molecule has 172 valence electrons. The molecule has 1 N–H and O–H groups in total. The third kappa shape index (κ3) is 5.46. The van der Waals surface area contributed by atoms with Gasteiger partial charge in [0.05, 0.1) is 18.5 Å². The summed E-state index contributed by atoms with van der Waals surface area (Å²) in [5.41, 5.74) is 0.611. The molecule has 1 aliphatic rings. The number of carbonyl (C=O) groups excluding carboxylic acids is 2. The van der Waals surface area contributed by atoms with Crippen molar-refractivity contribution in [2.45, 2.75) is 32.8 Å². The number of aryl methyl sites for hydroxylation is 1. The van der Waals surface area contributed by atoms with Crippen LogP contribution in [0, 0.1) is 0 Å². The molecule has 33 heavy (non-hydrogen) atoms. The van der Waals surface area contributed by atoms with Gasteiger partial charge in [0.15, 0.2) is 5.82 Å². The van der Waals surface area contributed by atoms with Crippen LogP contribution < -0.4 is 14.8 Å². The number of anilines is 1. The van der Waals surface area contributed by atoms with Crippen LogP contribution in [0.1, 0.15) is 47.5 Å². The van der Waals surface area contributed by atoms with Crippen molar-refractivity contribution in [2.24, 2.45) is 7.05 Å². The summed E-state index contributed by atoms with van der Waals surface area (Å²) in [4.78, 5) is 35.2. The summed E-state index contributed by atoms with van der Waals surface area (Å²) in [6.07, 6.45) is 6.29. The van der Waals surface area contributed by atoms with Gasteiger partial charge in [-0.25, -0.2) is 9.97 Å². The number of rotatable bonds is 8. The summed E-state index contributed by atoms with van der Waals surface area (Å²) in [5.74, 6) is 0.995. The molecule has 1 aliphatic heterocycles. The maximum absolute atomic E-state index is 12.8. The standard InChI is InChI=1S/C23H26N6O4/c1-4-15(2)32-17-10-16(22(30)26-20-6-9-28(3)27-20)11-18(12-17)33-21-14-24-19(13-25-21)23(31)29-7-5-8-29/h6,9-15H,4-5,7-8H2,1-3H3,(H,26,27,30)/t15-/m0/s1. The number of benzene rings is 1. The van der Waals surface area contributed by atoms with E-state index in [1.807, 2.05) is 13.8 Å². The molecule has 0 aliphatic carbocycles. The lowest BCUT2D eigenvalue weighted by Crippen LogP contribution is -2.42. The van der Waals surface area contributed by atoms with E-state index in [2.05, 4.69) is 20.4 Å². The summed E-state index contributed by atoms with van der Waals surface area (Å²) in [6, 6.07) is 6.62. The monoisotopic (exact) mass is 450 g/mol. The lowest BCUT2D eigenvalue weighted by atomic mass is 10.2. The summed E-state index contributed by atoms with van der Waals surface area (Å²) in [6.45, 7) is 5.44. The lowest BCUT2D eigenvalue weighted by Gasteiger charge is -2.30. The van der Waals surface area contributed by atoms with E-state index in [0.717, 1.165) is 25.9 Å². The third-order valence-corrected chi connectivity index (χ3v) is 5.22. The zero-order valence-corrected chi connectivity index (χ0v) is 18.8. The van der Waals surface area contributed by atoms with Gasteiger partial charge in [-0.3, -0.25) is 14.3 Å². The predicted molar refractivity (Wildman–Crippen MR) is 121 cm³/mol. The minimum atomic E-state index is -0.352. The zero-order chi connectivity index (χ0) is 23.4. The Balaban J connectivity index is 1.54. The van der Waals surface area contributed by atoms with Gasteiger partial charge >= 0.3 is 0 Å². The fourth-order valence-electron chi connectivity index (χ4n) is 3.10. The van der Waals surface area contributed by atoms with E-state index in [-0.39, 0.29) is 29.5 Å². The molecule has 1 saturated heterocycles. The van der Waals surface area contributed by atoms with Crippen LogP contribution in [0.25, 0.3) is 0 Å². The van der Waals surface area contributed by atoms with Crippen LogP contribution >= 0.6 is 0 Å². The van der Waals surface area contributed by atoms with Gasteiger partial charge in [-0.1, -0.05) is 6.92 Å². The molecule has 10 heteroatoms. The van der Waals surface area contributed by atoms with Gasteiger partial charge < -0.3 is 19.7 Å². The average molecular weight is 450 g/mol. The Labute approximate surface area is 191 Å². The van der Waals surface area contributed by atoms with E-state index in [9.17, 15) is 9.59 Å². The summed E-state index contributed by atoms with van der Waals surface area (Å²) < 4.78 is 13.4. The highest BCUT2D eigenvalue weighted by molar-refractivity contribution is 6.04. The zero-order valence-electron chi connectivity index (χ0n) is 18.8. The van der Waals surface area contributed by atoms with Crippen molar-refractivity contribution >= 4 is 17.6 Å². The largest absolute Gasteiger partial charge is 0.491 e. The number of ether oxygens (including phenoxy) is 2. The minimum absolute atomic E-state index is 0.0430. The molecule has 0 bridgehead atoms. The minimum Gasteiger partial charge on any atom is -0.491 e. The average Bonchev–Trinajstić information content (AvgIpc) is 3.17. The number of aromatic nitrogens is 4. The van der Waals surface area contributed by atoms with Crippen molar-refractivity contribution in [3.8, 4) is 17.4 Å². The van der Waals surface area contributed by atoms with E-state index in [4.69, 9.17) is 9.47 Å². The Hall–Kier alpha value is -3.95. The first-order valence-electron chi connectivity index (χ1n) is 10.8. The Morgan fingerprint density at radius 3 is 2.55 bits per heavy atom. The molecule has 1 aromatic carbocycles. The molecule has 1 atom stereocenters. The van der Waals surface area contributed by atoms with E-state index >= 15 is 0 Å². The fourth-order valence-corrected chi connectivity index (χ4v) is 3.10. The topological polar surface area (TPSA) is 111 Å². The van der Waals surface area contributed by atoms with Crippen molar-refractivity contribution < 1.29 is 19.1 Å². The van der Waals surface area contributed by atoms with Crippen molar-refractivity contribution in [1.29, 1.82) is 0 Å². The number of hydrogen-bond acceptors (Lipinski definition) is 7. The fraction of sp³-hybridized carbons (Fsp3) is 0.348. The molecule has 1 fully saturated rings. The normalized spacial score (nSPS) is 13.7. The van der Waals surface area contributed by atoms with Crippen LogP contribution in [0.4, 0.5) is 5.82 Å². The number of nitrogens with zero attached hydrogens (tertiary/aromatic N) is 5. The second-order valence-electron chi connectivity index (χ2n) is 7.85. The highest BCUT2D eigenvalue weighted by atomic mass is 16.5. The maximum atomic E-state index is 12.8. The Bertz CT molecular complexity index is 1140. The molecule has 0 saturated carbocycles. The van der Waals surface area contributed by atoms with Crippen LogP contribution in [-0.4, -0.2) is 55.7 Å². The van der Waals surface area contributed by atoms with Gasteiger partial charge in [-0.05, 0) is 31.9 Å². The van der Waals surface area contributed by atoms with E-state index in [0.29, 0.717) is 22.9 Å². The summed E-state index contributed by atoms with van der Waals surface area (Å²) in [7, 11) is 1.77. The van der Waals surface area contributed by atoms with E-state index < -0.39 is 0 Å². The quantitative estimate of drug-likeness (QED) is 0.560. The van der Waals surface area contributed by atoms with Crippen molar-refractivity contribution in [1.82, 2.24) is 24.6 Å². The molecule has 4 rings (SSSR count). The first-order valence-corrected chi connectivity index (χ1v) is 10.8. The lowest BCUT2D eigenvalue weighted by molar-refractivity contribution is 0.0645. The molecule has 0 radical (unpaired) electrons. The number of likely N-dealkylation sites (tertiary alicyclic amines) is 1. The van der Waals surface area contributed by atoms with Crippen LogP contribution in [0.15, 0.2) is 42.9 Å². The number of nitrogens with one attached hydrogen (secondary N) is 1. The second kappa shape index (κ2) is 9.68. The van der Waals surface area contributed by atoms with E-state index in [1.165, 1.54) is 12.4 Å². The van der Waals surface area contributed by atoms with Gasteiger partial charge in [0.25, 0.3) is 11.8 Å². The first kappa shape index (κ1) is 22.3. The number of carbonyl (C=O) groups is 2. The van der Waals surface area contributed by atoms with Crippen LogP contribution in [0.2, 0.25) is 0 Å². The van der Waals surface area contributed by atoms with Gasteiger partial charge in [0.1, 0.15) is 17.2 Å².